The predicted molar refractivity (Wildman–Crippen MR) is 54.4 cm³/mol. The molecule has 0 aromatic carbocycles. The fourth-order valence-electron chi connectivity index (χ4n) is 2.00. The summed E-state index contributed by atoms with van der Waals surface area (Å²) in [6, 6.07) is 2.20. The van der Waals surface area contributed by atoms with Gasteiger partial charge >= 0.3 is 0 Å². The Kier molecular flexibility index (Phi) is 3.94. The molecule has 0 aromatic heterocycles. The van der Waals surface area contributed by atoms with E-state index in [2.05, 4.69) is 6.07 Å². The van der Waals surface area contributed by atoms with Crippen LogP contribution < -0.4 is 0 Å². The first kappa shape index (κ1) is 11.0. The fraction of sp³-hybridized carbons (Fsp3) is 0.818. The fourth-order valence-corrected chi connectivity index (χ4v) is 2.00. The largest absolute Gasteiger partial charge is 0.327 e. The van der Waals surface area contributed by atoms with E-state index in [1.807, 2.05) is 13.8 Å². The van der Waals surface area contributed by atoms with Crippen LogP contribution in [-0.4, -0.2) is 23.4 Å². The third kappa shape index (κ3) is 2.47. The molecule has 14 heavy (non-hydrogen) atoms. The molecule has 1 saturated carbocycles. The molecule has 0 aliphatic heterocycles. The van der Waals surface area contributed by atoms with Crippen LogP contribution >= 0.6 is 0 Å². The van der Waals surface area contributed by atoms with Gasteiger partial charge in [0.15, 0.2) is 0 Å². The second-order valence-electron chi connectivity index (χ2n) is 4.20. The van der Waals surface area contributed by atoms with Crippen molar-refractivity contribution in [1.82, 2.24) is 4.90 Å². The first-order chi connectivity index (χ1) is 6.66. The molecular formula is C11H18N2O. The third-order valence-corrected chi connectivity index (χ3v) is 2.85. The van der Waals surface area contributed by atoms with Crippen molar-refractivity contribution in [1.29, 1.82) is 5.26 Å². The summed E-state index contributed by atoms with van der Waals surface area (Å²) in [5.41, 5.74) is 0. The summed E-state index contributed by atoms with van der Waals surface area (Å²) in [6.45, 7) is 4.15. The topological polar surface area (TPSA) is 44.1 Å². The average molecular weight is 194 g/mol. The van der Waals surface area contributed by atoms with Crippen LogP contribution in [-0.2, 0) is 4.79 Å². The first-order valence-corrected chi connectivity index (χ1v) is 5.34. The van der Waals surface area contributed by atoms with Gasteiger partial charge in [0.25, 0.3) is 0 Å². The Morgan fingerprint density at radius 3 is 2.50 bits per heavy atom. The number of nitrogens with zero attached hydrogens (tertiary/aromatic N) is 2. The van der Waals surface area contributed by atoms with Crippen molar-refractivity contribution >= 4 is 5.91 Å². The Morgan fingerprint density at radius 1 is 1.50 bits per heavy atom. The average Bonchev–Trinajstić information content (AvgIpc) is 2.65. The summed E-state index contributed by atoms with van der Waals surface area (Å²) in [5, 5.41) is 8.63. The van der Waals surface area contributed by atoms with Gasteiger partial charge in [-0.1, -0.05) is 12.8 Å². The van der Waals surface area contributed by atoms with E-state index in [9.17, 15) is 4.79 Å². The van der Waals surface area contributed by atoms with E-state index in [-0.39, 0.29) is 24.4 Å². The zero-order valence-corrected chi connectivity index (χ0v) is 8.99. The Bertz CT molecular complexity index is 236. The molecule has 78 valence electrons. The van der Waals surface area contributed by atoms with Crippen molar-refractivity contribution in [2.75, 3.05) is 6.54 Å². The Labute approximate surface area is 85.7 Å². The van der Waals surface area contributed by atoms with Gasteiger partial charge in [0.05, 0.1) is 6.07 Å². The monoisotopic (exact) mass is 194 g/mol. The van der Waals surface area contributed by atoms with Crippen molar-refractivity contribution < 1.29 is 4.79 Å². The number of nitriles is 1. The molecule has 0 radical (unpaired) electrons. The number of carbonyl (C=O) groups excluding carboxylic acids is 1. The van der Waals surface area contributed by atoms with Crippen molar-refractivity contribution in [3.63, 3.8) is 0 Å². The molecular weight excluding hydrogens is 176 g/mol. The van der Waals surface area contributed by atoms with E-state index in [4.69, 9.17) is 5.26 Å². The lowest BCUT2D eigenvalue weighted by molar-refractivity contribution is -0.136. The van der Waals surface area contributed by atoms with Gasteiger partial charge < -0.3 is 4.90 Å². The Balaban J connectivity index is 2.58. The predicted octanol–water partition coefficient (Wildman–Crippen LogP) is 1.94. The lowest BCUT2D eigenvalue weighted by Gasteiger charge is -2.26. The molecule has 1 aliphatic rings. The molecule has 3 heteroatoms. The lowest BCUT2D eigenvalue weighted by atomic mass is 10.1. The minimum absolute atomic E-state index is 0.141. The van der Waals surface area contributed by atoms with Gasteiger partial charge in [-0.3, -0.25) is 4.79 Å². The number of amides is 1. The molecule has 0 N–H and O–H groups in total. The molecule has 0 unspecified atom stereocenters. The molecule has 0 spiro atoms. The van der Waals surface area contributed by atoms with Crippen LogP contribution in [0.4, 0.5) is 0 Å². The zero-order chi connectivity index (χ0) is 10.6. The van der Waals surface area contributed by atoms with Crippen molar-refractivity contribution in [2.24, 2.45) is 5.92 Å². The summed E-state index contributed by atoms with van der Waals surface area (Å²) in [4.78, 5) is 13.6. The maximum atomic E-state index is 12.0. The van der Waals surface area contributed by atoms with Crippen LogP contribution in [0.1, 0.15) is 39.5 Å². The van der Waals surface area contributed by atoms with Crippen LogP contribution in [0.2, 0.25) is 0 Å². The van der Waals surface area contributed by atoms with Crippen LogP contribution in [0.15, 0.2) is 0 Å². The van der Waals surface area contributed by atoms with Gasteiger partial charge in [-0.2, -0.15) is 5.26 Å². The molecule has 1 rings (SSSR count). The molecule has 0 saturated heterocycles. The molecule has 1 amide bonds. The van der Waals surface area contributed by atoms with E-state index in [1.165, 1.54) is 0 Å². The van der Waals surface area contributed by atoms with Crippen molar-refractivity contribution in [2.45, 2.75) is 45.6 Å². The van der Waals surface area contributed by atoms with E-state index in [0.717, 1.165) is 25.7 Å². The van der Waals surface area contributed by atoms with Gasteiger partial charge in [0.1, 0.15) is 6.54 Å². The van der Waals surface area contributed by atoms with E-state index >= 15 is 0 Å². The summed E-state index contributed by atoms with van der Waals surface area (Å²) >= 11 is 0. The van der Waals surface area contributed by atoms with Gasteiger partial charge in [0, 0.05) is 12.0 Å². The lowest BCUT2D eigenvalue weighted by Crippen LogP contribution is -2.40. The molecule has 0 atom stereocenters. The first-order valence-electron chi connectivity index (χ1n) is 5.34. The summed E-state index contributed by atoms with van der Waals surface area (Å²) < 4.78 is 0. The summed E-state index contributed by atoms with van der Waals surface area (Å²) in [5.74, 6) is 0.366. The smallest absolute Gasteiger partial charge is 0.226 e. The molecule has 0 heterocycles. The molecule has 1 aliphatic carbocycles. The molecule has 0 aromatic rings. The van der Waals surface area contributed by atoms with Crippen LogP contribution in [0.5, 0.6) is 0 Å². The minimum Gasteiger partial charge on any atom is -0.327 e. The second kappa shape index (κ2) is 4.99. The summed E-state index contributed by atoms with van der Waals surface area (Å²) in [6.07, 6.45) is 4.34. The van der Waals surface area contributed by atoms with Crippen LogP contribution in [0, 0.1) is 17.2 Å². The quantitative estimate of drug-likeness (QED) is 0.644. The zero-order valence-electron chi connectivity index (χ0n) is 8.99. The third-order valence-electron chi connectivity index (χ3n) is 2.85. The molecule has 1 fully saturated rings. The van der Waals surface area contributed by atoms with E-state index in [1.54, 1.807) is 4.90 Å². The standard InChI is InChI=1S/C11H18N2O/c1-9(2)13(8-7-12)11(14)10-5-3-4-6-10/h9-10H,3-6,8H2,1-2H3. The van der Waals surface area contributed by atoms with Crippen LogP contribution in [0.3, 0.4) is 0 Å². The highest BCUT2D eigenvalue weighted by molar-refractivity contribution is 5.79. The van der Waals surface area contributed by atoms with Crippen molar-refractivity contribution in [3.05, 3.63) is 0 Å². The molecule has 0 bridgehead atoms. The number of carbonyl (C=O) groups is 1. The van der Waals surface area contributed by atoms with Gasteiger partial charge in [-0.25, -0.2) is 0 Å². The maximum absolute atomic E-state index is 12.0. The maximum Gasteiger partial charge on any atom is 0.226 e. The molecule has 3 nitrogen and oxygen atoms in total. The number of hydrogen-bond donors (Lipinski definition) is 0. The van der Waals surface area contributed by atoms with Crippen LogP contribution in [0.25, 0.3) is 0 Å². The van der Waals surface area contributed by atoms with Gasteiger partial charge in [0.2, 0.25) is 5.91 Å². The van der Waals surface area contributed by atoms with E-state index < -0.39 is 0 Å². The normalized spacial score (nSPS) is 17.0. The Morgan fingerprint density at radius 2 is 2.07 bits per heavy atom. The van der Waals surface area contributed by atoms with Gasteiger partial charge in [-0.05, 0) is 26.7 Å². The number of hydrogen-bond acceptors (Lipinski definition) is 2. The minimum atomic E-state index is 0.141. The number of rotatable bonds is 3. The summed E-state index contributed by atoms with van der Waals surface area (Å²) in [7, 11) is 0. The highest BCUT2D eigenvalue weighted by Crippen LogP contribution is 2.26. The van der Waals surface area contributed by atoms with E-state index in [0.29, 0.717) is 0 Å². The SMILES string of the molecule is CC(C)N(CC#N)C(=O)C1CCCC1. The van der Waals surface area contributed by atoms with Gasteiger partial charge in [-0.15, -0.1) is 0 Å². The van der Waals surface area contributed by atoms with Crippen molar-refractivity contribution in [3.8, 4) is 6.07 Å². The highest BCUT2D eigenvalue weighted by Gasteiger charge is 2.28. The highest BCUT2D eigenvalue weighted by atomic mass is 16.2. The Hall–Kier alpha value is -1.04. The second-order valence-corrected chi connectivity index (χ2v) is 4.20.